The number of nitrogens with zero attached hydrogens (tertiary/aromatic N) is 1. The summed E-state index contributed by atoms with van der Waals surface area (Å²) >= 11 is 6.07. The number of aryl methyl sites for hydroxylation is 2. The van der Waals surface area contributed by atoms with Crippen molar-refractivity contribution in [1.82, 2.24) is 15.5 Å². The number of nitrogens with one attached hydrogen (secondary N) is 2. The fourth-order valence-electron chi connectivity index (χ4n) is 2.10. The molecular weight excluding hydrogens is 274 g/mol. The smallest absolute Gasteiger partial charge is 0.224 e. The lowest BCUT2D eigenvalue weighted by Crippen LogP contribution is -2.27. The molecule has 1 aromatic heterocycles. The van der Waals surface area contributed by atoms with Gasteiger partial charge in [-0.3, -0.25) is 9.89 Å². The monoisotopic (exact) mass is 291 g/mol. The van der Waals surface area contributed by atoms with Crippen LogP contribution in [0.2, 0.25) is 5.02 Å². The van der Waals surface area contributed by atoms with E-state index in [2.05, 4.69) is 15.5 Å². The maximum Gasteiger partial charge on any atom is 0.224 e. The summed E-state index contributed by atoms with van der Waals surface area (Å²) in [5.74, 6) is 0.00431. The first-order chi connectivity index (χ1) is 9.58. The molecule has 106 valence electrons. The highest BCUT2D eigenvalue weighted by Gasteiger charge is 2.11. The Morgan fingerprint density at radius 1 is 1.35 bits per heavy atom. The number of hydrogen-bond donors (Lipinski definition) is 2. The van der Waals surface area contributed by atoms with Gasteiger partial charge in [0.2, 0.25) is 5.91 Å². The van der Waals surface area contributed by atoms with Gasteiger partial charge in [-0.05, 0) is 31.9 Å². The predicted molar refractivity (Wildman–Crippen MR) is 79.9 cm³/mol. The van der Waals surface area contributed by atoms with Crippen LogP contribution in [0.5, 0.6) is 0 Å². The van der Waals surface area contributed by atoms with Crippen molar-refractivity contribution in [3.05, 3.63) is 51.8 Å². The number of H-pyrrole nitrogens is 1. The van der Waals surface area contributed by atoms with E-state index in [1.807, 2.05) is 38.1 Å². The SMILES string of the molecule is Cc1n[nH]c(C)c1CC(=O)NCCc1ccccc1Cl. The van der Waals surface area contributed by atoms with Gasteiger partial charge in [0.25, 0.3) is 0 Å². The summed E-state index contributed by atoms with van der Waals surface area (Å²) in [7, 11) is 0. The van der Waals surface area contributed by atoms with Crippen molar-refractivity contribution in [3.8, 4) is 0 Å². The number of amides is 1. The van der Waals surface area contributed by atoms with Crippen LogP contribution in [0.15, 0.2) is 24.3 Å². The van der Waals surface area contributed by atoms with Crippen LogP contribution in [-0.4, -0.2) is 22.6 Å². The minimum Gasteiger partial charge on any atom is -0.355 e. The summed E-state index contributed by atoms with van der Waals surface area (Å²) < 4.78 is 0. The zero-order valence-electron chi connectivity index (χ0n) is 11.7. The third-order valence-corrected chi connectivity index (χ3v) is 3.66. The second kappa shape index (κ2) is 6.57. The van der Waals surface area contributed by atoms with Crippen molar-refractivity contribution in [2.75, 3.05) is 6.54 Å². The quantitative estimate of drug-likeness (QED) is 0.889. The predicted octanol–water partition coefficient (Wildman–Crippen LogP) is 2.58. The Bertz CT molecular complexity index is 587. The number of halogens is 1. The maximum absolute atomic E-state index is 11.9. The van der Waals surface area contributed by atoms with Crippen LogP contribution in [0, 0.1) is 13.8 Å². The van der Waals surface area contributed by atoms with Crippen LogP contribution in [0.25, 0.3) is 0 Å². The number of hydrogen-bond acceptors (Lipinski definition) is 2. The summed E-state index contributed by atoms with van der Waals surface area (Å²) in [6.07, 6.45) is 1.09. The van der Waals surface area contributed by atoms with E-state index in [0.717, 1.165) is 34.0 Å². The first-order valence-electron chi connectivity index (χ1n) is 6.58. The van der Waals surface area contributed by atoms with Crippen LogP contribution in [0.1, 0.15) is 22.5 Å². The van der Waals surface area contributed by atoms with Crippen LogP contribution >= 0.6 is 11.6 Å². The molecule has 0 aliphatic carbocycles. The van der Waals surface area contributed by atoms with Crippen molar-refractivity contribution in [3.63, 3.8) is 0 Å². The molecular formula is C15H18ClN3O. The van der Waals surface area contributed by atoms with E-state index in [-0.39, 0.29) is 5.91 Å². The second-order valence-corrected chi connectivity index (χ2v) is 5.19. The van der Waals surface area contributed by atoms with Crippen molar-refractivity contribution < 1.29 is 4.79 Å². The fourth-order valence-corrected chi connectivity index (χ4v) is 2.33. The Balaban J connectivity index is 1.83. The highest BCUT2D eigenvalue weighted by molar-refractivity contribution is 6.31. The molecule has 0 unspecified atom stereocenters. The molecule has 1 heterocycles. The highest BCUT2D eigenvalue weighted by atomic mass is 35.5. The minimum atomic E-state index is 0.00431. The Morgan fingerprint density at radius 2 is 2.10 bits per heavy atom. The lowest BCUT2D eigenvalue weighted by Gasteiger charge is -2.07. The molecule has 0 saturated heterocycles. The normalized spacial score (nSPS) is 10.6. The number of rotatable bonds is 5. The van der Waals surface area contributed by atoms with E-state index < -0.39 is 0 Å². The summed E-state index contributed by atoms with van der Waals surface area (Å²) in [6, 6.07) is 7.67. The van der Waals surface area contributed by atoms with Gasteiger partial charge >= 0.3 is 0 Å². The summed E-state index contributed by atoms with van der Waals surface area (Å²) in [5.41, 5.74) is 3.85. The van der Waals surface area contributed by atoms with Gasteiger partial charge in [0.05, 0.1) is 12.1 Å². The topological polar surface area (TPSA) is 57.8 Å². The van der Waals surface area contributed by atoms with Crippen molar-refractivity contribution in [2.45, 2.75) is 26.7 Å². The van der Waals surface area contributed by atoms with Gasteiger partial charge in [-0.15, -0.1) is 0 Å². The molecule has 0 atom stereocenters. The zero-order chi connectivity index (χ0) is 14.5. The lowest BCUT2D eigenvalue weighted by atomic mass is 10.1. The first-order valence-corrected chi connectivity index (χ1v) is 6.96. The molecule has 2 N–H and O–H groups in total. The minimum absolute atomic E-state index is 0.00431. The van der Waals surface area contributed by atoms with Crippen molar-refractivity contribution in [1.29, 1.82) is 0 Å². The third kappa shape index (κ3) is 3.61. The molecule has 0 fully saturated rings. The number of benzene rings is 1. The van der Waals surface area contributed by atoms with Gasteiger partial charge in [-0.25, -0.2) is 0 Å². The van der Waals surface area contributed by atoms with E-state index in [4.69, 9.17) is 11.6 Å². The average molecular weight is 292 g/mol. The van der Waals surface area contributed by atoms with Crippen LogP contribution in [0.3, 0.4) is 0 Å². The number of carbonyl (C=O) groups excluding carboxylic acids is 1. The zero-order valence-corrected chi connectivity index (χ0v) is 12.4. The van der Waals surface area contributed by atoms with Gasteiger partial charge in [0.1, 0.15) is 0 Å². The van der Waals surface area contributed by atoms with Gasteiger partial charge < -0.3 is 5.32 Å². The maximum atomic E-state index is 11.9. The standard InChI is InChI=1S/C15H18ClN3O/c1-10-13(11(2)19-18-10)9-15(20)17-8-7-12-5-3-4-6-14(12)16/h3-6H,7-9H2,1-2H3,(H,17,20)(H,18,19). The molecule has 1 aromatic carbocycles. The summed E-state index contributed by atoms with van der Waals surface area (Å²) in [6.45, 7) is 4.40. The van der Waals surface area contributed by atoms with Gasteiger partial charge in [-0.1, -0.05) is 29.8 Å². The number of aromatic nitrogens is 2. The molecule has 0 bridgehead atoms. The Kier molecular flexibility index (Phi) is 4.79. The van der Waals surface area contributed by atoms with E-state index in [1.165, 1.54) is 0 Å². The van der Waals surface area contributed by atoms with Gasteiger partial charge in [0.15, 0.2) is 0 Å². The molecule has 0 saturated carbocycles. The second-order valence-electron chi connectivity index (χ2n) is 4.78. The molecule has 0 aliphatic rings. The summed E-state index contributed by atoms with van der Waals surface area (Å²) in [4.78, 5) is 11.9. The fraction of sp³-hybridized carbons (Fsp3) is 0.333. The van der Waals surface area contributed by atoms with Crippen molar-refractivity contribution in [2.24, 2.45) is 0 Å². The van der Waals surface area contributed by atoms with Crippen molar-refractivity contribution >= 4 is 17.5 Å². The number of aromatic amines is 1. The molecule has 0 radical (unpaired) electrons. The third-order valence-electron chi connectivity index (χ3n) is 3.29. The van der Waals surface area contributed by atoms with Crippen LogP contribution in [0.4, 0.5) is 0 Å². The molecule has 5 heteroatoms. The first kappa shape index (κ1) is 14.6. The average Bonchev–Trinajstić information content (AvgIpc) is 2.73. The molecule has 2 rings (SSSR count). The molecule has 20 heavy (non-hydrogen) atoms. The van der Waals surface area contributed by atoms with E-state index in [9.17, 15) is 4.79 Å². The summed E-state index contributed by atoms with van der Waals surface area (Å²) in [5, 5.41) is 10.6. The molecule has 4 nitrogen and oxygen atoms in total. The van der Waals surface area contributed by atoms with Crippen LogP contribution in [-0.2, 0) is 17.6 Å². The van der Waals surface area contributed by atoms with E-state index >= 15 is 0 Å². The molecule has 2 aromatic rings. The lowest BCUT2D eigenvalue weighted by molar-refractivity contribution is -0.120. The van der Waals surface area contributed by atoms with Gasteiger partial charge in [-0.2, -0.15) is 5.10 Å². The molecule has 0 spiro atoms. The molecule has 1 amide bonds. The Morgan fingerprint density at radius 3 is 2.75 bits per heavy atom. The molecule has 0 aliphatic heterocycles. The van der Waals surface area contributed by atoms with E-state index in [0.29, 0.717) is 13.0 Å². The Hall–Kier alpha value is -1.81. The van der Waals surface area contributed by atoms with E-state index in [1.54, 1.807) is 0 Å². The largest absolute Gasteiger partial charge is 0.355 e. The van der Waals surface area contributed by atoms with Gasteiger partial charge in [0, 0.05) is 22.8 Å². The number of carbonyl (C=O) groups is 1. The van der Waals surface area contributed by atoms with Crippen LogP contribution < -0.4 is 5.32 Å². The highest BCUT2D eigenvalue weighted by Crippen LogP contribution is 2.15. The Labute approximate surface area is 123 Å².